The maximum Gasteiger partial charge on any atom is 0.274 e. The quantitative estimate of drug-likeness (QED) is 0.722. The molecule has 25 heavy (non-hydrogen) atoms. The number of pyridine rings is 1. The zero-order valence-electron chi connectivity index (χ0n) is 14.6. The number of amides is 1. The van der Waals surface area contributed by atoms with Crippen LogP contribution in [0.4, 0.5) is 11.4 Å². The summed E-state index contributed by atoms with van der Waals surface area (Å²) in [6.07, 6.45) is 3.28. The number of hydrogen-bond donors (Lipinski definition) is 2. The summed E-state index contributed by atoms with van der Waals surface area (Å²) in [6, 6.07) is 11.4. The number of nitrogens with zero attached hydrogens (tertiary/aromatic N) is 1. The van der Waals surface area contributed by atoms with Gasteiger partial charge in [0.2, 0.25) is 0 Å². The maximum atomic E-state index is 12.5. The molecule has 5 nitrogen and oxygen atoms in total. The van der Waals surface area contributed by atoms with Gasteiger partial charge in [0, 0.05) is 5.69 Å². The van der Waals surface area contributed by atoms with Gasteiger partial charge in [0.05, 0.1) is 24.7 Å². The summed E-state index contributed by atoms with van der Waals surface area (Å²) < 4.78 is 5.27. The summed E-state index contributed by atoms with van der Waals surface area (Å²) in [5.74, 6) is 0.625. The Labute approximate surface area is 147 Å². The first-order chi connectivity index (χ1) is 12.0. The molecule has 0 aliphatic rings. The first-order valence-electron chi connectivity index (χ1n) is 8.14. The molecule has 1 amide bonds. The third-order valence-electron chi connectivity index (χ3n) is 3.96. The van der Waals surface area contributed by atoms with Crippen LogP contribution in [0.3, 0.4) is 0 Å². The predicted molar refractivity (Wildman–Crippen MR) is 98.9 cm³/mol. The lowest BCUT2D eigenvalue weighted by Gasteiger charge is -2.12. The van der Waals surface area contributed by atoms with Crippen LogP contribution in [0.15, 0.2) is 53.3 Å². The maximum absolute atomic E-state index is 12.5. The van der Waals surface area contributed by atoms with Crippen LogP contribution < -0.4 is 10.6 Å². The SMILES string of the molecule is Cc1cc(C)c(NC(=O)c2ccc(NCc3ccco3)cn2)c(C)c1. The zero-order chi connectivity index (χ0) is 17.8. The van der Waals surface area contributed by atoms with Gasteiger partial charge in [-0.25, -0.2) is 4.98 Å². The van der Waals surface area contributed by atoms with Gasteiger partial charge in [0.25, 0.3) is 5.91 Å². The predicted octanol–water partition coefficient (Wildman–Crippen LogP) is 4.46. The topological polar surface area (TPSA) is 67.2 Å². The summed E-state index contributed by atoms with van der Waals surface area (Å²) in [7, 11) is 0. The third kappa shape index (κ3) is 4.07. The smallest absolute Gasteiger partial charge is 0.274 e. The molecule has 0 spiro atoms. The molecule has 1 aromatic carbocycles. The van der Waals surface area contributed by atoms with E-state index in [0.29, 0.717) is 12.2 Å². The molecule has 3 aromatic rings. The lowest BCUT2D eigenvalue weighted by molar-refractivity contribution is 0.102. The Morgan fingerprint density at radius 2 is 1.88 bits per heavy atom. The minimum absolute atomic E-state index is 0.215. The van der Waals surface area contributed by atoms with Crippen LogP contribution in [0.5, 0.6) is 0 Å². The van der Waals surface area contributed by atoms with Crippen LogP contribution in [-0.4, -0.2) is 10.9 Å². The Balaban J connectivity index is 1.66. The molecular weight excluding hydrogens is 314 g/mol. The number of carbonyl (C=O) groups excluding carboxylic acids is 1. The second-order valence-electron chi connectivity index (χ2n) is 6.09. The van der Waals surface area contributed by atoms with Crippen LogP contribution in [0, 0.1) is 20.8 Å². The van der Waals surface area contributed by atoms with E-state index in [1.807, 2.05) is 39.0 Å². The fourth-order valence-corrected chi connectivity index (χ4v) is 2.79. The van der Waals surface area contributed by atoms with Gasteiger partial charge in [-0.3, -0.25) is 4.79 Å². The lowest BCUT2D eigenvalue weighted by atomic mass is 10.0. The van der Waals surface area contributed by atoms with Crippen molar-refractivity contribution in [3.05, 3.63) is 77.0 Å². The van der Waals surface area contributed by atoms with Crippen LogP contribution in [0.25, 0.3) is 0 Å². The summed E-state index contributed by atoms with van der Waals surface area (Å²) >= 11 is 0. The minimum Gasteiger partial charge on any atom is -0.467 e. The normalized spacial score (nSPS) is 10.5. The van der Waals surface area contributed by atoms with E-state index in [2.05, 4.69) is 27.8 Å². The van der Waals surface area contributed by atoms with Crippen LogP contribution in [-0.2, 0) is 6.54 Å². The molecule has 0 unspecified atom stereocenters. The van der Waals surface area contributed by atoms with E-state index in [0.717, 1.165) is 28.3 Å². The van der Waals surface area contributed by atoms with Crippen molar-refractivity contribution in [1.29, 1.82) is 0 Å². The second-order valence-corrected chi connectivity index (χ2v) is 6.09. The van der Waals surface area contributed by atoms with Gasteiger partial charge in [-0.2, -0.15) is 0 Å². The number of benzene rings is 1. The molecular formula is C20H21N3O2. The molecule has 0 aliphatic heterocycles. The fraction of sp³-hybridized carbons (Fsp3) is 0.200. The molecule has 0 bridgehead atoms. The van der Waals surface area contributed by atoms with Crippen molar-refractivity contribution in [2.24, 2.45) is 0 Å². The number of rotatable bonds is 5. The number of carbonyl (C=O) groups is 1. The molecule has 0 radical (unpaired) electrons. The fourth-order valence-electron chi connectivity index (χ4n) is 2.79. The Morgan fingerprint density at radius 3 is 2.48 bits per heavy atom. The number of nitrogens with one attached hydrogen (secondary N) is 2. The molecule has 3 rings (SSSR count). The Bertz CT molecular complexity index is 845. The molecule has 0 saturated carbocycles. The number of hydrogen-bond acceptors (Lipinski definition) is 4. The highest BCUT2D eigenvalue weighted by Crippen LogP contribution is 2.22. The molecule has 0 saturated heterocycles. The second kappa shape index (κ2) is 7.21. The summed E-state index contributed by atoms with van der Waals surface area (Å²) in [5, 5.41) is 6.16. The van der Waals surface area contributed by atoms with E-state index in [4.69, 9.17) is 4.42 Å². The lowest BCUT2D eigenvalue weighted by Crippen LogP contribution is -2.15. The zero-order valence-corrected chi connectivity index (χ0v) is 14.6. The largest absolute Gasteiger partial charge is 0.467 e. The van der Waals surface area contributed by atoms with Gasteiger partial charge < -0.3 is 15.1 Å². The summed E-state index contributed by atoms with van der Waals surface area (Å²) in [6.45, 7) is 6.60. The molecule has 2 heterocycles. The van der Waals surface area contributed by atoms with E-state index < -0.39 is 0 Å². The first kappa shape index (κ1) is 16.8. The van der Waals surface area contributed by atoms with Gasteiger partial charge in [0.15, 0.2) is 0 Å². The highest BCUT2D eigenvalue weighted by molar-refractivity contribution is 6.03. The molecule has 2 aromatic heterocycles. The average molecular weight is 335 g/mol. The van der Waals surface area contributed by atoms with Crippen molar-refractivity contribution in [3.8, 4) is 0 Å². The monoisotopic (exact) mass is 335 g/mol. The molecule has 0 aliphatic carbocycles. The standard InChI is InChI=1S/C20H21N3O2/c1-13-9-14(2)19(15(3)10-13)23-20(24)18-7-6-16(11-22-18)21-12-17-5-4-8-25-17/h4-11,21H,12H2,1-3H3,(H,23,24). The van der Waals surface area contributed by atoms with Crippen molar-refractivity contribution in [2.45, 2.75) is 27.3 Å². The van der Waals surface area contributed by atoms with Crippen LogP contribution >= 0.6 is 0 Å². The van der Waals surface area contributed by atoms with E-state index in [1.54, 1.807) is 18.5 Å². The van der Waals surface area contributed by atoms with Crippen molar-refractivity contribution >= 4 is 17.3 Å². The van der Waals surface area contributed by atoms with Crippen LogP contribution in [0.1, 0.15) is 32.9 Å². The third-order valence-corrected chi connectivity index (χ3v) is 3.96. The van der Waals surface area contributed by atoms with E-state index in [-0.39, 0.29) is 5.91 Å². The Hall–Kier alpha value is -3.08. The molecule has 0 fully saturated rings. The molecule has 128 valence electrons. The molecule has 0 atom stereocenters. The van der Waals surface area contributed by atoms with Crippen molar-refractivity contribution in [1.82, 2.24) is 4.98 Å². The highest BCUT2D eigenvalue weighted by atomic mass is 16.3. The number of aromatic nitrogens is 1. The minimum atomic E-state index is -0.215. The van der Waals surface area contributed by atoms with Crippen molar-refractivity contribution in [2.75, 3.05) is 10.6 Å². The number of furan rings is 1. The van der Waals surface area contributed by atoms with Gasteiger partial charge >= 0.3 is 0 Å². The first-order valence-corrected chi connectivity index (χ1v) is 8.14. The van der Waals surface area contributed by atoms with Crippen molar-refractivity contribution in [3.63, 3.8) is 0 Å². The van der Waals surface area contributed by atoms with Crippen LogP contribution in [0.2, 0.25) is 0 Å². The molecule has 5 heteroatoms. The Kier molecular flexibility index (Phi) is 4.84. The molecule has 2 N–H and O–H groups in total. The van der Waals surface area contributed by atoms with Gasteiger partial charge in [-0.1, -0.05) is 17.7 Å². The van der Waals surface area contributed by atoms with Gasteiger partial charge in [-0.15, -0.1) is 0 Å². The van der Waals surface area contributed by atoms with Gasteiger partial charge in [-0.05, 0) is 56.2 Å². The summed E-state index contributed by atoms with van der Waals surface area (Å²) in [5.41, 5.74) is 5.32. The Morgan fingerprint density at radius 1 is 1.12 bits per heavy atom. The number of anilines is 2. The summed E-state index contributed by atoms with van der Waals surface area (Å²) in [4.78, 5) is 16.7. The van der Waals surface area contributed by atoms with E-state index in [1.165, 1.54) is 5.56 Å². The number of aryl methyl sites for hydroxylation is 3. The highest BCUT2D eigenvalue weighted by Gasteiger charge is 2.11. The van der Waals surface area contributed by atoms with E-state index in [9.17, 15) is 4.79 Å². The van der Waals surface area contributed by atoms with Crippen molar-refractivity contribution < 1.29 is 9.21 Å². The van der Waals surface area contributed by atoms with Gasteiger partial charge in [0.1, 0.15) is 11.5 Å². The average Bonchev–Trinajstić information content (AvgIpc) is 3.10. The van der Waals surface area contributed by atoms with E-state index >= 15 is 0 Å².